The van der Waals surface area contributed by atoms with Crippen LogP contribution in [-0.2, 0) is 4.79 Å². The van der Waals surface area contributed by atoms with Gasteiger partial charge in [-0.15, -0.1) is 0 Å². The molecular weight excluding hydrogens is 372 g/mol. The molecule has 1 aliphatic rings. The summed E-state index contributed by atoms with van der Waals surface area (Å²) in [6, 6.07) is 7.31. The van der Waals surface area contributed by atoms with Gasteiger partial charge in [0.2, 0.25) is 5.91 Å². The monoisotopic (exact) mass is 390 g/mol. The Morgan fingerprint density at radius 1 is 1.38 bits per heavy atom. The zero-order chi connectivity index (χ0) is 17.3. The molecule has 0 aliphatic carbocycles. The molecule has 1 saturated heterocycles. The number of nitrogens with one attached hydrogen (secondary N) is 1. The first-order valence-corrected chi connectivity index (χ1v) is 8.71. The number of rotatable bonds is 3. The van der Waals surface area contributed by atoms with Crippen LogP contribution in [0, 0.1) is 6.92 Å². The highest BCUT2D eigenvalue weighted by Gasteiger charge is 2.33. The van der Waals surface area contributed by atoms with Crippen LogP contribution in [0.25, 0.3) is 5.69 Å². The summed E-state index contributed by atoms with van der Waals surface area (Å²) in [7, 11) is 0. The number of carbonyl (C=O) groups is 2. The van der Waals surface area contributed by atoms with E-state index in [-0.39, 0.29) is 11.8 Å². The summed E-state index contributed by atoms with van der Waals surface area (Å²) in [5, 5.41) is 7.17. The lowest BCUT2D eigenvalue weighted by Gasteiger charge is -2.34. The molecule has 1 aromatic carbocycles. The number of aromatic nitrogens is 2. The predicted molar refractivity (Wildman–Crippen MR) is 94.1 cm³/mol. The van der Waals surface area contributed by atoms with Gasteiger partial charge in [-0.3, -0.25) is 9.59 Å². The van der Waals surface area contributed by atoms with Gasteiger partial charge in [-0.05, 0) is 37.6 Å². The van der Waals surface area contributed by atoms with Crippen LogP contribution < -0.4 is 5.32 Å². The molecule has 6 nitrogen and oxygen atoms in total. The normalized spacial score (nSPS) is 17.7. The molecule has 7 heteroatoms. The summed E-state index contributed by atoms with van der Waals surface area (Å²) in [5.74, 6) is -0.229. The van der Waals surface area contributed by atoms with E-state index in [1.54, 1.807) is 15.8 Å². The van der Waals surface area contributed by atoms with Gasteiger partial charge in [0.25, 0.3) is 5.91 Å². The van der Waals surface area contributed by atoms with Crippen molar-refractivity contribution in [1.82, 2.24) is 20.0 Å². The molecule has 1 fully saturated rings. The SMILES string of the molecule is CCC1C(=O)NCCN1C(=O)c1cnn(-c2ccc(Br)cc2)c1C. The van der Waals surface area contributed by atoms with E-state index in [4.69, 9.17) is 0 Å². The first kappa shape index (κ1) is 16.7. The molecule has 24 heavy (non-hydrogen) atoms. The second kappa shape index (κ2) is 6.76. The van der Waals surface area contributed by atoms with Crippen LogP contribution in [0.3, 0.4) is 0 Å². The topological polar surface area (TPSA) is 67.2 Å². The maximum atomic E-state index is 12.9. The van der Waals surface area contributed by atoms with Crippen LogP contribution in [0.5, 0.6) is 0 Å². The Balaban J connectivity index is 1.91. The number of nitrogens with zero attached hydrogens (tertiary/aromatic N) is 3. The lowest BCUT2D eigenvalue weighted by molar-refractivity contribution is -0.127. The summed E-state index contributed by atoms with van der Waals surface area (Å²) in [6.07, 6.45) is 2.18. The van der Waals surface area contributed by atoms with Crippen LogP contribution in [0.1, 0.15) is 29.4 Å². The van der Waals surface area contributed by atoms with Gasteiger partial charge in [0.15, 0.2) is 0 Å². The maximum Gasteiger partial charge on any atom is 0.258 e. The van der Waals surface area contributed by atoms with Gasteiger partial charge < -0.3 is 10.2 Å². The fourth-order valence-electron chi connectivity index (χ4n) is 2.98. The first-order valence-electron chi connectivity index (χ1n) is 7.92. The second-order valence-corrected chi connectivity index (χ2v) is 6.66. The fraction of sp³-hybridized carbons (Fsp3) is 0.353. The molecule has 3 rings (SSSR count). The minimum Gasteiger partial charge on any atom is -0.353 e. The number of hydrogen-bond donors (Lipinski definition) is 1. The third-order valence-corrected chi connectivity index (χ3v) is 4.82. The minimum absolute atomic E-state index is 0.0879. The lowest BCUT2D eigenvalue weighted by atomic mass is 10.1. The smallest absolute Gasteiger partial charge is 0.258 e. The third kappa shape index (κ3) is 2.96. The highest BCUT2D eigenvalue weighted by molar-refractivity contribution is 9.10. The van der Waals surface area contributed by atoms with Gasteiger partial charge in [-0.2, -0.15) is 5.10 Å². The Labute approximate surface area is 149 Å². The third-order valence-electron chi connectivity index (χ3n) is 4.29. The van der Waals surface area contributed by atoms with E-state index in [2.05, 4.69) is 26.3 Å². The first-order chi connectivity index (χ1) is 11.5. The van der Waals surface area contributed by atoms with Crippen molar-refractivity contribution in [1.29, 1.82) is 0 Å². The van der Waals surface area contributed by atoms with Gasteiger partial charge in [0, 0.05) is 17.6 Å². The molecular formula is C17H19BrN4O2. The molecule has 1 unspecified atom stereocenters. The summed E-state index contributed by atoms with van der Waals surface area (Å²) in [5.41, 5.74) is 2.19. The van der Waals surface area contributed by atoms with Crippen LogP contribution in [0.15, 0.2) is 34.9 Å². The molecule has 126 valence electrons. The van der Waals surface area contributed by atoms with Crippen molar-refractivity contribution in [3.8, 4) is 5.69 Å². The molecule has 0 saturated carbocycles. The van der Waals surface area contributed by atoms with E-state index in [1.807, 2.05) is 38.1 Å². The van der Waals surface area contributed by atoms with Crippen molar-refractivity contribution in [2.24, 2.45) is 0 Å². The number of amides is 2. The van der Waals surface area contributed by atoms with Gasteiger partial charge in [-0.25, -0.2) is 4.68 Å². The van der Waals surface area contributed by atoms with Crippen molar-refractivity contribution < 1.29 is 9.59 Å². The van der Waals surface area contributed by atoms with E-state index < -0.39 is 6.04 Å². The molecule has 2 aromatic rings. The highest BCUT2D eigenvalue weighted by Crippen LogP contribution is 2.20. The molecule has 2 amide bonds. The Hall–Kier alpha value is -2.15. The molecule has 0 bridgehead atoms. The highest BCUT2D eigenvalue weighted by atomic mass is 79.9. The Morgan fingerprint density at radius 2 is 2.08 bits per heavy atom. The average Bonchev–Trinajstić information content (AvgIpc) is 2.96. The minimum atomic E-state index is -0.415. The number of halogens is 1. The largest absolute Gasteiger partial charge is 0.353 e. The van der Waals surface area contributed by atoms with E-state index >= 15 is 0 Å². The maximum absolute atomic E-state index is 12.9. The summed E-state index contributed by atoms with van der Waals surface area (Å²) >= 11 is 3.41. The Kier molecular flexibility index (Phi) is 4.71. The van der Waals surface area contributed by atoms with E-state index in [0.717, 1.165) is 15.9 Å². The number of piperazine rings is 1. The number of hydrogen-bond acceptors (Lipinski definition) is 3. The van der Waals surface area contributed by atoms with Crippen LogP contribution in [0.2, 0.25) is 0 Å². The fourth-order valence-corrected chi connectivity index (χ4v) is 3.24. The predicted octanol–water partition coefficient (Wildman–Crippen LogP) is 2.29. The van der Waals surface area contributed by atoms with E-state index in [1.165, 1.54) is 0 Å². The molecule has 1 atom stereocenters. The summed E-state index contributed by atoms with van der Waals surface area (Å²) < 4.78 is 2.72. The van der Waals surface area contributed by atoms with Crippen molar-refractivity contribution in [2.45, 2.75) is 26.3 Å². The molecule has 0 spiro atoms. The Morgan fingerprint density at radius 3 is 2.75 bits per heavy atom. The molecule has 1 aliphatic heterocycles. The van der Waals surface area contributed by atoms with Crippen LogP contribution in [-0.4, -0.2) is 45.6 Å². The quantitative estimate of drug-likeness (QED) is 0.873. The van der Waals surface area contributed by atoms with Crippen LogP contribution >= 0.6 is 15.9 Å². The van der Waals surface area contributed by atoms with Crippen LogP contribution in [0.4, 0.5) is 0 Å². The zero-order valence-electron chi connectivity index (χ0n) is 13.6. The van der Waals surface area contributed by atoms with Crippen molar-refractivity contribution >= 4 is 27.7 Å². The van der Waals surface area contributed by atoms with Gasteiger partial charge in [0.1, 0.15) is 6.04 Å². The van der Waals surface area contributed by atoms with Crippen molar-refractivity contribution in [2.75, 3.05) is 13.1 Å². The summed E-state index contributed by atoms with van der Waals surface area (Å²) in [4.78, 5) is 26.6. The molecule has 1 aromatic heterocycles. The standard InChI is InChI=1S/C17H19BrN4O2/c1-3-15-16(23)19-8-9-21(15)17(24)14-10-20-22(11(14)2)13-6-4-12(18)5-7-13/h4-7,10,15H,3,8-9H2,1-2H3,(H,19,23). The zero-order valence-corrected chi connectivity index (χ0v) is 15.2. The molecule has 2 heterocycles. The lowest BCUT2D eigenvalue weighted by Crippen LogP contribution is -2.56. The number of carbonyl (C=O) groups excluding carboxylic acids is 2. The van der Waals surface area contributed by atoms with E-state index in [0.29, 0.717) is 25.1 Å². The van der Waals surface area contributed by atoms with E-state index in [9.17, 15) is 9.59 Å². The number of benzene rings is 1. The van der Waals surface area contributed by atoms with Gasteiger partial charge in [-0.1, -0.05) is 22.9 Å². The van der Waals surface area contributed by atoms with Crippen molar-refractivity contribution in [3.63, 3.8) is 0 Å². The molecule has 0 radical (unpaired) electrons. The molecule has 1 N–H and O–H groups in total. The van der Waals surface area contributed by atoms with Gasteiger partial charge >= 0.3 is 0 Å². The Bertz CT molecular complexity index is 769. The summed E-state index contributed by atoms with van der Waals surface area (Å²) in [6.45, 7) is 4.79. The second-order valence-electron chi connectivity index (χ2n) is 5.75. The van der Waals surface area contributed by atoms with Gasteiger partial charge in [0.05, 0.1) is 23.1 Å². The van der Waals surface area contributed by atoms with Crippen molar-refractivity contribution in [3.05, 3.63) is 46.2 Å². The average molecular weight is 391 g/mol.